The fraction of sp³-hybridized carbons (Fsp3) is 0.250. The number of H-pyrrole nitrogens is 1. The Hall–Kier alpha value is -3.00. The van der Waals surface area contributed by atoms with E-state index in [-0.39, 0.29) is 6.04 Å². The molecule has 4 rings (SSSR count). The maximum atomic E-state index is 5.11. The van der Waals surface area contributed by atoms with Gasteiger partial charge in [0.15, 0.2) is 5.65 Å². The van der Waals surface area contributed by atoms with E-state index in [1.54, 1.807) is 24.0 Å². The minimum Gasteiger partial charge on any atom is -0.383 e. The Morgan fingerprint density at radius 1 is 1.33 bits per heavy atom. The fourth-order valence-electron chi connectivity index (χ4n) is 2.66. The molecule has 0 amide bonds. The summed E-state index contributed by atoms with van der Waals surface area (Å²) in [6, 6.07) is 3.93. The molecule has 0 aliphatic carbocycles. The van der Waals surface area contributed by atoms with E-state index >= 15 is 0 Å². The van der Waals surface area contributed by atoms with E-state index in [9.17, 15) is 0 Å². The van der Waals surface area contributed by atoms with Gasteiger partial charge >= 0.3 is 0 Å². The van der Waals surface area contributed by atoms with Gasteiger partial charge in [0.1, 0.15) is 5.65 Å². The summed E-state index contributed by atoms with van der Waals surface area (Å²) in [5.74, 6) is 0.569. The monoisotopic (exact) mass is 323 g/mol. The number of hydrogen-bond acceptors (Lipinski definition) is 6. The number of methoxy groups -OCH3 is 1. The summed E-state index contributed by atoms with van der Waals surface area (Å²) in [5.41, 5.74) is 3.38. The number of aromatic amines is 1. The fourth-order valence-corrected chi connectivity index (χ4v) is 2.66. The second-order valence-electron chi connectivity index (χ2n) is 5.61. The summed E-state index contributed by atoms with van der Waals surface area (Å²) < 4.78 is 6.84. The molecule has 1 atom stereocenters. The molecule has 0 radical (unpaired) electrons. The van der Waals surface area contributed by atoms with Crippen LogP contribution in [0, 0.1) is 0 Å². The van der Waals surface area contributed by atoms with Gasteiger partial charge in [-0.1, -0.05) is 0 Å². The molecule has 1 unspecified atom stereocenters. The summed E-state index contributed by atoms with van der Waals surface area (Å²) in [6.45, 7) is 2.61. The first-order valence-electron chi connectivity index (χ1n) is 7.65. The van der Waals surface area contributed by atoms with Crippen molar-refractivity contribution in [3.8, 4) is 11.3 Å². The minimum atomic E-state index is 0.132. The predicted molar refractivity (Wildman–Crippen MR) is 90.8 cm³/mol. The summed E-state index contributed by atoms with van der Waals surface area (Å²) in [4.78, 5) is 16.7. The van der Waals surface area contributed by atoms with Crippen molar-refractivity contribution in [1.29, 1.82) is 0 Å². The van der Waals surface area contributed by atoms with Gasteiger partial charge in [-0.3, -0.25) is 0 Å². The number of anilines is 1. The first kappa shape index (κ1) is 14.6. The number of rotatable bonds is 5. The van der Waals surface area contributed by atoms with Crippen LogP contribution in [0.1, 0.15) is 6.92 Å². The molecule has 0 aliphatic rings. The van der Waals surface area contributed by atoms with Crippen LogP contribution in [0.4, 0.5) is 5.95 Å². The number of aromatic nitrogens is 6. The Morgan fingerprint density at radius 2 is 2.25 bits per heavy atom. The summed E-state index contributed by atoms with van der Waals surface area (Å²) >= 11 is 0. The highest BCUT2D eigenvalue weighted by Gasteiger charge is 2.12. The van der Waals surface area contributed by atoms with E-state index in [2.05, 4.69) is 30.4 Å². The predicted octanol–water partition coefficient (Wildman–Crippen LogP) is 2.11. The van der Waals surface area contributed by atoms with E-state index in [4.69, 9.17) is 4.74 Å². The standard InChI is InChI=1S/C16H17N7O/c1-10(9-24-2)20-16-18-8-12-11(7-17-15(12)22-16)13-4-6-23-14(21-13)3-5-19-23/h3-8,10H,9H2,1-2H3,(H2,17,18,20,22). The Morgan fingerprint density at radius 3 is 3.12 bits per heavy atom. The second kappa shape index (κ2) is 5.89. The van der Waals surface area contributed by atoms with E-state index < -0.39 is 0 Å². The van der Waals surface area contributed by atoms with Crippen LogP contribution in [0.5, 0.6) is 0 Å². The first-order valence-corrected chi connectivity index (χ1v) is 7.65. The molecule has 0 aromatic carbocycles. The van der Waals surface area contributed by atoms with E-state index in [1.807, 2.05) is 31.5 Å². The number of fused-ring (bicyclic) bond motifs is 2. The van der Waals surface area contributed by atoms with Gasteiger partial charge in [0.05, 0.1) is 18.5 Å². The summed E-state index contributed by atoms with van der Waals surface area (Å²) in [7, 11) is 1.67. The lowest BCUT2D eigenvalue weighted by Crippen LogP contribution is -2.22. The maximum absolute atomic E-state index is 5.11. The zero-order chi connectivity index (χ0) is 16.5. The normalized spacial score (nSPS) is 12.8. The lowest BCUT2D eigenvalue weighted by molar-refractivity contribution is 0.190. The molecule has 122 valence electrons. The van der Waals surface area contributed by atoms with Crippen LogP contribution in [0.3, 0.4) is 0 Å². The average molecular weight is 323 g/mol. The number of ether oxygens (including phenoxy) is 1. The van der Waals surface area contributed by atoms with Crippen LogP contribution in [0.25, 0.3) is 27.9 Å². The van der Waals surface area contributed by atoms with Crippen LogP contribution in [0.15, 0.2) is 36.9 Å². The molecular formula is C16H17N7O. The van der Waals surface area contributed by atoms with Crippen molar-refractivity contribution in [2.75, 3.05) is 19.0 Å². The van der Waals surface area contributed by atoms with Gasteiger partial charge in [0.2, 0.25) is 5.95 Å². The molecule has 4 heterocycles. The van der Waals surface area contributed by atoms with Gasteiger partial charge in [-0.2, -0.15) is 10.1 Å². The Balaban J connectivity index is 1.69. The zero-order valence-corrected chi connectivity index (χ0v) is 13.4. The highest BCUT2D eigenvalue weighted by Crippen LogP contribution is 2.26. The molecule has 4 aromatic rings. The number of nitrogens with one attached hydrogen (secondary N) is 2. The Kier molecular flexibility index (Phi) is 3.58. The van der Waals surface area contributed by atoms with E-state index in [0.29, 0.717) is 12.6 Å². The van der Waals surface area contributed by atoms with Crippen LogP contribution < -0.4 is 5.32 Å². The Labute approximate surface area is 137 Å². The van der Waals surface area contributed by atoms with Gasteiger partial charge in [-0.15, -0.1) is 0 Å². The molecule has 0 saturated carbocycles. The second-order valence-corrected chi connectivity index (χ2v) is 5.61. The Bertz CT molecular complexity index is 990. The van der Waals surface area contributed by atoms with Crippen molar-refractivity contribution in [2.45, 2.75) is 13.0 Å². The molecule has 2 N–H and O–H groups in total. The molecule has 8 nitrogen and oxygen atoms in total. The molecule has 0 bridgehead atoms. The minimum absolute atomic E-state index is 0.132. The largest absolute Gasteiger partial charge is 0.383 e. The molecule has 0 spiro atoms. The third kappa shape index (κ3) is 2.56. The number of hydrogen-bond donors (Lipinski definition) is 2. The van der Waals surface area contributed by atoms with Crippen molar-refractivity contribution in [1.82, 2.24) is 29.5 Å². The lowest BCUT2D eigenvalue weighted by Gasteiger charge is -2.12. The first-order chi connectivity index (χ1) is 11.7. The van der Waals surface area contributed by atoms with E-state index in [0.717, 1.165) is 27.9 Å². The van der Waals surface area contributed by atoms with Crippen molar-refractivity contribution in [3.05, 3.63) is 36.9 Å². The molecule has 24 heavy (non-hydrogen) atoms. The van der Waals surface area contributed by atoms with Gasteiger partial charge in [0.25, 0.3) is 0 Å². The third-order valence-electron chi connectivity index (χ3n) is 3.76. The molecular weight excluding hydrogens is 306 g/mol. The van der Waals surface area contributed by atoms with Gasteiger partial charge in [-0.25, -0.2) is 14.5 Å². The van der Waals surface area contributed by atoms with Crippen molar-refractivity contribution in [2.24, 2.45) is 0 Å². The molecule has 4 aromatic heterocycles. The van der Waals surface area contributed by atoms with Crippen LogP contribution in [0.2, 0.25) is 0 Å². The van der Waals surface area contributed by atoms with Crippen LogP contribution in [-0.2, 0) is 4.74 Å². The summed E-state index contributed by atoms with van der Waals surface area (Å²) in [5, 5.41) is 8.30. The quantitative estimate of drug-likeness (QED) is 0.584. The third-order valence-corrected chi connectivity index (χ3v) is 3.76. The molecule has 0 saturated heterocycles. The van der Waals surface area contributed by atoms with Crippen molar-refractivity contribution in [3.63, 3.8) is 0 Å². The van der Waals surface area contributed by atoms with Crippen LogP contribution in [-0.4, -0.2) is 49.3 Å². The lowest BCUT2D eigenvalue weighted by atomic mass is 10.2. The summed E-state index contributed by atoms with van der Waals surface area (Å²) in [6.07, 6.45) is 7.32. The highest BCUT2D eigenvalue weighted by molar-refractivity contribution is 5.92. The SMILES string of the molecule is COCC(C)Nc1ncc2c(-c3ccn4nccc4n3)c[nH]c2n1. The molecule has 0 aliphatic heterocycles. The molecule has 8 heteroatoms. The van der Waals surface area contributed by atoms with Crippen molar-refractivity contribution >= 4 is 22.6 Å². The van der Waals surface area contributed by atoms with Gasteiger partial charge in [0, 0.05) is 48.8 Å². The molecule has 0 fully saturated rings. The smallest absolute Gasteiger partial charge is 0.224 e. The topological polar surface area (TPSA) is 93.0 Å². The van der Waals surface area contributed by atoms with Crippen molar-refractivity contribution < 1.29 is 4.74 Å². The highest BCUT2D eigenvalue weighted by atomic mass is 16.5. The zero-order valence-electron chi connectivity index (χ0n) is 13.4. The average Bonchev–Trinajstić information content (AvgIpc) is 3.20. The van der Waals surface area contributed by atoms with Crippen LogP contribution >= 0.6 is 0 Å². The van der Waals surface area contributed by atoms with Gasteiger partial charge in [-0.05, 0) is 13.0 Å². The van der Waals surface area contributed by atoms with Gasteiger partial charge < -0.3 is 15.0 Å². The maximum Gasteiger partial charge on any atom is 0.224 e. The van der Waals surface area contributed by atoms with E-state index in [1.165, 1.54) is 0 Å². The number of nitrogens with zero attached hydrogens (tertiary/aromatic N) is 5.